The van der Waals surface area contributed by atoms with Crippen molar-refractivity contribution < 1.29 is 14.3 Å². The quantitative estimate of drug-likeness (QED) is 0.829. The lowest BCUT2D eigenvalue weighted by Gasteiger charge is -2.34. The summed E-state index contributed by atoms with van der Waals surface area (Å²) in [6, 6.07) is 0. The van der Waals surface area contributed by atoms with Gasteiger partial charge >= 0.3 is 0 Å². The van der Waals surface area contributed by atoms with Gasteiger partial charge in [0, 0.05) is 32.5 Å². The average molecular weight is 280 g/mol. The van der Waals surface area contributed by atoms with Crippen molar-refractivity contribution in [3.05, 3.63) is 17.5 Å². The summed E-state index contributed by atoms with van der Waals surface area (Å²) in [4.78, 5) is 26.0. The van der Waals surface area contributed by atoms with E-state index in [1.165, 1.54) is 12.0 Å². The molecule has 1 aromatic rings. The Morgan fingerprint density at radius 1 is 1.55 bits per heavy atom. The van der Waals surface area contributed by atoms with Crippen LogP contribution in [0.25, 0.3) is 0 Å². The maximum atomic E-state index is 12.7. The highest BCUT2D eigenvalue weighted by molar-refractivity contribution is 5.99. The minimum absolute atomic E-state index is 0.111. The van der Waals surface area contributed by atoms with Gasteiger partial charge < -0.3 is 15.4 Å². The van der Waals surface area contributed by atoms with E-state index in [2.05, 4.69) is 5.10 Å². The molecule has 2 amide bonds. The predicted octanol–water partition coefficient (Wildman–Crippen LogP) is -0.165. The number of hydrogen-bond acceptors (Lipinski definition) is 4. The maximum Gasteiger partial charge on any atom is 0.275 e. The van der Waals surface area contributed by atoms with Crippen LogP contribution in [-0.2, 0) is 16.6 Å². The van der Waals surface area contributed by atoms with Crippen LogP contribution in [0.15, 0.2) is 6.20 Å². The first-order valence-electron chi connectivity index (χ1n) is 6.53. The number of carbonyl (C=O) groups excluding carboxylic acids is 2. The third-order valence-corrected chi connectivity index (χ3v) is 3.79. The number of rotatable bonds is 4. The number of carbonyl (C=O) groups is 2. The summed E-state index contributed by atoms with van der Waals surface area (Å²) in [6.07, 6.45) is 3.02. The molecule has 2 rings (SSSR count). The van der Waals surface area contributed by atoms with E-state index in [9.17, 15) is 9.59 Å². The van der Waals surface area contributed by atoms with Gasteiger partial charge in [0.1, 0.15) is 5.54 Å². The fraction of sp³-hybridized carbons (Fsp3) is 0.615. The Balaban J connectivity index is 2.37. The highest BCUT2D eigenvalue weighted by atomic mass is 16.5. The number of nitrogens with zero attached hydrogens (tertiary/aromatic N) is 3. The Morgan fingerprint density at radius 3 is 2.75 bits per heavy atom. The van der Waals surface area contributed by atoms with Gasteiger partial charge in [0.15, 0.2) is 5.69 Å². The Hall–Kier alpha value is -1.89. The molecule has 0 aliphatic carbocycles. The van der Waals surface area contributed by atoms with Gasteiger partial charge in [-0.1, -0.05) is 0 Å². The van der Waals surface area contributed by atoms with Gasteiger partial charge in [-0.15, -0.1) is 0 Å². The van der Waals surface area contributed by atoms with E-state index in [0.29, 0.717) is 18.7 Å². The summed E-state index contributed by atoms with van der Waals surface area (Å²) in [5, 5.41) is 4.17. The highest BCUT2D eigenvalue weighted by Gasteiger charge is 2.49. The molecule has 2 N–H and O–H groups in total. The molecule has 1 aliphatic heterocycles. The van der Waals surface area contributed by atoms with Crippen LogP contribution in [-0.4, -0.2) is 52.3 Å². The molecule has 1 unspecified atom stereocenters. The number of primary amides is 1. The van der Waals surface area contributed by atoms with E-state index in [-0.39, 0.29) is 12.5 Å². The molecular formula is C13H20N4O3. The summed E-state index contributed by atoms with van der Waals surface area (Å²) < 4.78 is 6.71. The molecule has 20 heavy (non-hydrogen) atoms. The minimum Gasteiger partial charge on any atom is -0.382 e. The molecule has 0 aromatic carbocycles. The molecule has 110 valence electrons. The van der Waals surface area contributed by atoms with Gasteiger partial charge in [-0.2, -0.15) is 5.10 Å². The summed E-state index contributed by atoms with van der Waals surface area (Å²) in [6.45, 7) is 2.42. The van der Waals surface area contributed by atoms with Crippen LogP contribution in [0.1, 0.15) is 28.9 Å². The molecule has 0 radical (unpaired) electrons. The zero-order valence-electron chi connectivity index (χ0n) is 12.0. The smallest absolute Gasteiger partial charge is 0.275 e. The number of likely N-dealkylation sites (tertiary alicyclic amines) is 1. The van der Waals surface area contributed by atoms with Crippen LogP contribution in [0.5, 0.6) is 0 Å². The van der Waals surface area contributed by atoms with Gasteiger partial charge in [0.05, 0.1) is 6.61 Å². The Morgan fingerprint density at radius 2 is 2.25 bits per heavy atom. The van der Waals surface area contributed by atoms with E-state index in [1.807, 2.05) is 6.92 Å². The standard InChI is InChI=1S/C13H20N4O3/c1-9-7-16(2)15-10(9)11(18)17-6-4-5-13(17,8-20-3)12(14)19/h7H,4-6,8H2,1-3H3,(H2,14,19). The molecule has 0 spiro atoms. The lowest BCUT2D eigenvalue weighted by atomic mass is 9.96. The van der Waals surface area contributed by atoms with Crippen LogP contribution in [0.2, 0.25) is 0 Å². The normalized spacial score (nSPS) is 22.2. The average Bonchev–Trinajstić information content (AvgIpc) is 2.93. The first-order chi connectivity index (χ1) is 9.42. The van der Waals surface area contributed by atoms with Gasteiger partial charge in [-0.25, -0.2) is 0 Å². The number of hydrogen-bond donors (Lipinski definition) is 1. The van der Waals surface area contributed by atoms with Crippen molar-refractivity contribution in [1.82, 2.24) is 14.7 Å². The van der Waals surface area contributed by atoms with E-state index in [1.54, 1.807) is 17.9 Å². The monoisotopic (exact) mass is 280 g/mol. The highest BCUT2D eigenvalue weighted by Crippen LogP contribution is 2.31. The van der Waals surface area contributed by atoms with Gasteiger partial charge in [-0.3, -0.25) is 14.3 Å². The Bertz CT molecular complexity index is 540. The molecule has 2 heterocycles. The fourth-order valence-electron chi connectivity index (χ4n) is 2.84. The van der Waals surface area contributed by atoms with Crippen molar-refractivity contribution >= 4 is 11.8 Å². The second-order valence-corrected chi connectivity index (χ2v) is 5.22. The summed E-state index contributed by atoms with van der Waals surface area (Å²) in [5.41, 5.74) is 5.61. The molecule has 1 aliphatic rings. The Labute approximate surface area is 117 Å². The third-order valence-electron chi connectivity index (χ3n) is 3.79. The van der Waals surface area contributed by atoms with Crippen LogP contribution in [0.4, 0.5) is 0 Å². The van der Waals surface area contributed by atoms with Crippen LogP contribution >= 0.6 is 0 Å². The molecule has 1 saturated heterocycles. The number of aryl methyl sites for hydroxylation is 2. The second-order valence-electron chi connectivity index (χ2n) is 5.22. The lowest BCUT2D eigenvalue weighted by molar-refractivity contribution is -0.130. The molecule has 0 bridgehead atoms. The minimum atomic E-state index is -1.06. The van der Waals surface area contributed by atoms with Crippen molar-refractivity contribution in [3.63, 3.8) is 0 Å². The first-order valence-corrected chi connectivity index (χ1v) is 6.53. The van der Waals surface area contributed by atoms with Gasteiger partial charge in [0.25, 0.3) is 5.91 Å². The van der Waals surface area contributed by atoms with Crippen LogP contribution in [0.3, 0.4) is 0 Å². The van der Waals surface area contributed by atoms with E-state index in [4.69, 9.17) is 10.5 Å². The molecular weight excluding hydrogens is 260 g/mol. The van der Waals surface area contributed by atoms with Crippen molar-refractivity contribution in [2.45, 2.75) is 25.3 Å². The SMILES string of the molecule is COCC1(C(N)=O)CCCN1C(=O)c1nn(C)cc1C. The Kier molecular flexibility index (Phi) is 3.80. The fourth-order valence-corrected chi connectivity index (χ4v) is 2.84. The van der Waals surface area contributed by atoms with E-state index >= 15 is 0 Å². The number of nitrogens with two attached hydrogens (primary N) is 1. The maximum absolute atomic E-state index is 12.7. The number of amides is 2. The molecule has 1 atom stereocenters. The topological polar surface area (TPSA) is 90.4 Å². The van der Waals surface area contributed by atoms with Crippen LogP contribution in [0, 0.1) is 6.92 Å². The van der Waals surface area contributed by atoms with E-state index < -0.39 is 11.4 Å². The van der Waals surface area contributed by atoms with Gasteiger partial charge in [0.2, 0.25) is 5.91 Å². The number of ether oxygens (including phenoxy) is 1. The molecule has 0 saturated carbocycles. The first kappa shape index (κ1) is 14.5. The predicted molar refractivity (Wildman–Crippen MR) is 72.0 cm³/mol. The van der Waals surface area contributed by atoms with Crippen molar-refractivity contribution in [1.29, 1.82) is 0 Å². The van der Waals surface area contributed by atoms with Crippen molar-refractivity contribution in [2.75, 3.05) is 20.3 Å². The van der Waals surface area contributed by atoms with Crippen LogP contribution < -0.4 is 5.73 Å². The van der Waals surface area contributed by atoms with Crippen molar-refractivity contribution in [3.8, 4) is 0 Å². The zero-order valence-corrected chi connectivity index (χ0v) is 12.0. The third kappa shape index (κ3) is 2.18. The largest absolute Gasteiger partial charge is 0.382 e. The number of aromatic nitrogens is 2. The summed E-state index contributed by atoms with van der Waals surface area (Å²) in [7, 11) is 3.25. The molecule has 7 heteroatoms. The molecule has 7 nitrogen and oxygen atoms in total. The summed E-state index contributed by atoms with van der Waals surface area (Å²) in [5.74, 6) is -0.796. The second kappa shape index (κ2) is 5.24. The molecule has 1 aromatic heterocycles. The van der Waals surface area contributed by atoms with Crippen molar-refractivity contribution in [2.24, 2.45) is 12.8 Å². The van der Waals surface area contributed by atoms with Gasteiger partial charge in [-0.05, 0) is 19.8 Å². The number of methoxy groups -OCH3 is 1. The lowest BCUT2D eigenvalue weighted by Crippen LogP contribution is -2.58. The zero-order chi connectivity index (χ0) is 14.9. The summed E-state index contributed by atoms with van der Waals surface area (Å²) >= 11 is 0. The molecule has 1 fully saturated rings. The van der Waals surface area contributed by atoms with E-state index in [0.717, 1.165) is 12.0 Å².